The smallest absolute Gasteiger partial charge is 0.422 e. The van der Waals surface area contributed by atoms with Gasteiger partial charge in [0.05, 0.1) is 23.4 Å². The van der Waals surface area contributed by atoms with Gasteiger partial charge in [-0.15, -0.1) is 5.10 Å². The van der Waals surface area contributed by atoms with Crippen molar-refractivity contribution in [3.05, 3.63) is 30.1 Å². The molecule has 0 saturated heterocycles. The summed E-state index contributed by atoms with van der Waals surface area (Å²) >= 11 is 0. The second-order valence-corrected chi connectivity index (χ2v) is 8.38. The van der Waals surface area contributed by atoms with Crippen LogP contribution in [0.25, 0.3) is 11.4 Å². The average molecular weight is 507 g/mol. The molecule has 0 spiro atoms. The van der Waals surface area contributed by atoms with Crippen LogP contribution in [0.2, 0.25) is 0 Å². The zero-order valence-electron chi connectivity index (χ0n) is 19.5. The van der Waals surface area contributed by atoms with Crippen LogP contribution in [0.4, 0.5) is 24.9 Å². The summed E-state index contributed by atoms with van der Waals surface area (Å²) in [6.07, 6.45) is -0.787. The number of hydrogen-bond donors (Lipinski definition) is 2. The fraction of sp³-hybridized carbons (Fsp3) is 0.455. The van der Waals surface area contributed by atoms with Gasteiger partial charge in [-0.3, -0.25) is 4.79 Å². The Kier molecular flexibility index (Phi) is 7.22. The van der Waals surface area contributed by atoms with Crippen LogP contribution in [0, 0.1) is 12.8 Å². The second kappa shape index (κ2) is 10.3. The van der Waals surface area contributed by atoms with Gasteiger partial charge in [0, 0.05) is 19.3 Å². The van der Waals surface area contributed by atoms with Crippen molar-refractivity contribution < 1.29 is 32.5 Å². The maximum absolute atomic E-state index is 12.4. The standard InChI is InChI=1S/C22H24F3N7O4/c1-12-16(36-14-5-3-4-13(10-14)20(33)34)7-6-15(27-12)18-19(32(2)31-30-18)29-21-26-9-8-17(28-21)35-11-22(23,24)25/h6-9,13-14H,3-5,10-11H2,1-2H3,(H,33,34)(H,26,28,29)/t13-,14-/m0/s1. The topological polar surface area (TPSA) is 137 Å². The highest BCUT2D eigenvalue weighted by atomic mass is 19.4. The number of hydrogen-bond acceptors (Lipinski definition) is 9. The van der Waals surface area contributed by atoms with E-state index in [2.05, 4.69) is 35.3 Å². The molecule has 1 fully saturated rings. The highest BCUT2D eigenvalue weighted by Crippen LogP contribution is 2.32. The summed E-state index contributed by atoms with van der Waals surface area (Å²) in [6, 6.07) is 4.65. The van der Waals surface area contributed by atoms with Crippen molar-refractivity contribution in [2.45, 2.75) is 44.9 Å². The van der Waals surface area contributed by atoms with Gasteiger partial charge < -0.3 is 19.9 Å². The van der Waals surface area contributed by atoms with E-state index in [0.717, 1.165) is 12.8 Å². The summed E-state index contributed by atoms with van der Waals surface area (Å²) in [5.74, 6) is -0.569. The lowest BCUT2D eigenvalue weighted by Gasteiger charge is -2.27. The third kappa shape index (κ3) is 6.17. The molecule has 1 aliphatic rings. The minimum Gasteiger partial charge on any atom is -0.489 e. The Balaban J connectivity index is 1.50. The molecule has 2 atom stereocenters. The van der Waals surface area contributed by atoms with Crippen LogP contribution >= 0.6 is 0 Å². The van der Waals surface area contributed by atoms with E-state index in [-0.39, 0.29) is 17.9 Å². The summed E-state index contributed by atoms with van der Waals surface area (Å²) in [5, 5.41) is 20.3. The van der Waals surface area contributed by atoms with Gasteiger partial charge >= 0.3 is 12.1 Å². The van der Waals surface area contributed by atoms with Crippen molar-refractivity contribution in [1.82, 2.24) is 29.9 Å². The van der Waals surface area contributed by atoms with E-state index in [1.54, 1.807) is 26.1 Å². The van der Waals surface area contributed by atoms with Crippen molar-refractivity contribution in [2.24, 2.45) is 13.0 Å². The molecule has 14 heteroatoms. The predicted molar refractivity (Wildman–Crippen MR) is 120 cm³/mol. The van der Waals surface area contributed by atoms with Crippen molar-refractivity contribution >= 4 is 17.7 Å². The number of carbonyl (C=O) groups is 1. The molecule has 3 aromatic rings. The van der Waals surface area contributed by atoms with Crippen LogP contribution in [0.5, 0.6) is 11.6 Å². The summed E-state index contributed by atoms with van der Waals surface area (Å²) in [5.41, 5.74) is 1.41. The molecule has 2 N–H and O–H groups in total. The predicted octanol–water partition coefficient (Wildman–Crippen LogP) is 3.68. The Morgan fingerprint density at radius 3 is 2.78 bits per heavy atom. The quantitative estimate of drug-likeness (QED) is 0.464. The van der Waals surface area contributed by atoms with Gasteiger partial charge in [-0.05, 0) is 44.7 Å². The van der Waals surface area contributed by atoms with E-state index in [4.69, 9.17) is 4.74 Å². The molecular weight excluding hydrogens is 483 g/mol. The molecule has 0 bridgehead atoms. The zero-order chi connectivity index (χ0) is 25.9. The van der Waals surface area contributed by atoms with Crippen molar-refractivity contribution in [3.8, 4) is 23.0 Å². The maximum atomic E-state index is 12.4. The minimum atomic E-state index is -4.49. The fourth-order valence-electron chi connectivity index (χ4n) is 3.87. The SMILES string of the molecule is Cc1nc(-c2nnn(C)c2Nc2nccc(OCC(F)(F)F)n2)ccc1O[C@H]1CCC[C@H](C(=O)O)C1. The van der Waals surface area contributed by atoms with Crippen molar-refractivity contribution in [2.75, 3.05) is 11.9 Å². The number of carboxylic acids is 1. The second-order valence-electron chi connectivity index (χ2n) is 8.38. The van der Waals surface area contributed by atoms with Crippen molar-refractivity contribution in [1.29, 1.82) is 0 Å². The molecule has 11 nitrogen and oxygen atoms in total. The molecule has 192 valence electrons. The molecule has 0 radical (unpaired) electrons. The number of anilines is 2. The third-order valence-corrected chi connectivity index (χ3v) is 5.62. The van der Waals surface area contributed by atoms with E-state index in [0.29, 0.717) is 41.5 Å². The number of ether oxygens (including phenoxy) is 2. The summed E-state index contributed by atoms with van der Waals surface area (Å²) in [4.78, 5) is 23.9. The van der Waals surface area contributed by atoms with Gasteiger partial charge in [0.2, 0.25) is 11.8 Å². The van der Waals surface area contributed by atoms with E-state index in [1.165, 1.54) is 16.9 Å². The van der Waals surface area contributed by atoms with Crippen LogP contribution in [0.3, 0.4) is 0 Å². The number of carboxylic acid groups (broad SMARTS) is 1. The lowest BCUT2D eigenvalue weighted by Crippen LogP contribution is -2.29. The largest absolute Gasteiger partial charge is 0.489 e. The van der Waals surface area contributed by atoms with E-state index < -0.39 is 24.7 Å². The first-order valence-electron chi connectivity index (χ1n) is 11.2. The first kappa shape index (κ1) is 25.1. The lowest BCUT2D eigenvalue weighted by molar-refractivity contribution is -0.154. The average Bonchev–Trinajstić information content (AvgIpc) is 3.19. The van der Waals surface area contributed by atoms with E-state index in [9.17, 15) is 23.1 Å². The van der Waals surface area contributed by atoms with Gasteiger partial charge in [0.1, 0.15) is 5.75 Å². The molecule has 4 rings (SSSR count). The van der Waals surface area contributed by atoms with Gasteiger partial charge in [0.15, 0.2) is 18.1 Å². The summed E-state index contributed by atoms with van der Waals surface area (Å²) in [7, 11) is 1.62. The number of aliphatic carboxylic acids is 1. The molecule has 0 unspecified atom stereocenters. The maximum Gasteiger partial charge on any atom is 0.422 e. The molecule has 0 aliphatic heterocycles. The molecule has 3 aromatic heterocycles. The van der Waals surface area contributed by atoms with Gasteiger partial charge in [-0.1, -0.05) is 5.21 Å². The number of aryl methyl sites for hydroxylation is 2. The van der Waals surface area contributed by atoms with E-state index in [1.807, 2.05) is 0 Å². The number of pyridine rings is 1. The Bertz CT molecular complexity index is 1230. The first-order chi connectivity index (χ1) is 17.1. The van der Waals surface area contributed by atoms with Crippen LogP contribution in [-0.2, 0) is 11.8 Å². The Labute approximate surface area is 203 Å². The molecule has 1 aliphatic carbocycles. The molecule has 0 aromatic carbocycles. The van der Waals surface area contributed by atoms with Crippen LogP contribution in [-0.4, -0.2) is 59.9 Å². The molecule has 36 heavy (non-hydrogen) atoms. The molecule has 1 saturated carbocycles. The van der Waals surface area contributed by atoms with Gasteiger partial charge in [0.25, 0.3) is 0 Å². The number of halogens is 3. The fourth-order valence-corrected chi connectivity index (χ4v) is 3.87. The number of nitrogens with zero attached hydrogens (tertiary/aromatic N) is 6. The first-order valence-corrected chi connectivity index (χ1v) is 11.2. The lowest BCUT2D eigenvalue weighted by atomic mass is 9.87. The van der Waals surface area contributed by atoms with Gasteiger partial charge in [-0.2, -0.15) is 18.2 Å². The molecule has 0 amide bonds. The Morgan fingerprint density at radius 2 is 2.06 bits per heavy atom. The Hall–Kier alpha value is -3.97. The summed E-state index contributed by atoms with van der Waals surface area (Å²) in [6.45, 7) is 0.293. The monoisotopic (exact) mass is 507 g/mol. The number of alkyl halides is 3. The normalized spacial score (nSPS) is 18.0. The number of rotatable bonds is 8. The minimum absolute atomic E-state index is 0.0108. The zero-order valence-corrected chi connectivity index (χ0v) is 19.5. The highest BCUT2D eigenvalue weighted by molar-refractivity contribution is 5.72. The van der Waals surface area contributed by atoms with Gasteiger partial charge in [-0.25, -0.2) is 14.6 Å². The highest BCUT2D eigenvalue weighted by Gasteiger charge is 2.29. The third-order valence-electron chi connectivity index (χ3n) is 5.62. The van der Waals surface area contributed by atoms with Crippen LogP contribution in [0.15, 0.2) is 24.4 Å². The van der Waals surface area contributed by atoms with E-state index >= 15 is 0 Å². The van der Waals surface area contributed by atoms with Crippen LogP contribution in [0.1, 0.15) is 31.4 Å². The van der Waals surface area contributed by atoms with Crippen LogP contribution < -0.4 is 14.8 Å². The number of nitrogens with one attached hydrogen (secondary N) is 1. The number of aromatic nitrogens is 6. The summed E-state index contributed by atoms with van der Waals surface area (Å²) < 4.78 is 49.5. The Morgan fingerprint density at radius 1 is 1.25 bits per heavy atom. The molecule has 3 heterocycles. The van der Waals surface area contributed by atoms with Crippen molar-refractivity contribution in [3.63, 3.8) is 0 Å². The molecular formula is C22H24F3N7O4.